The molecule has 1 atom stereocenters. The van der Waals surface area contributed by atoms with Crippen molar-refractivity contribution in [3.05, 3.63) is 53.8 Å². The number of anilines is 3. The van der Waals surface area contributed by atoms with Gasteiger partial charge < -0.3 is 15.5 Å². The highest BCUT2D eigenvalue weighted by atomic mass is 19.1. The normalized spacial score (nSPS) is 19.6. The van der Waals surface area contributed by atoms with E-state index in [-0.39, 0.29) is 30.5 Å². The summed E-state index contributed by atoms with van der Waals surface area (Å²) in [5, 5.41) is 0. The molecule has 0 aliphatic carbocycles. The summed E-state index contributed by atoms with van der Waals surface area (Å²) in [6, 6.07) is 11.7. The van der Waals surface area contributed by atoms with E-state index in [1.165, 1.54) is 11.0 Å². The molecule has 2 N–H and O–H groups in total. The Bertz CT molecular complexity index is 883. The highest BCUT2D eigenvalue weighted by Gasteiger charge is 2.39. The molecule has 1 fully saturated rings. The number of amides is 2. The zero-order valence-corrected chi connectivity index (χ0v) is 14.3. The van der Waals surface area contributed by atoms with Crippen molar-refractivity contribution < 1.29 is 14.0 Å². The van der Waals surface area contributed by atoms with Gasteiger partial charge in [-0.3, -0.25) is 9.59 Å². The van der Waals surface area contributed by atoms with Crippen LogP contribution in [0.1, 0.15) is 18.4 Å². The lowest BCUT2D eigenvalue weighted by Gasteiger charge is -2.32. The molecule has 5 nitrogen and oxygen atoms in total. The van der Waals surface area contributed by atoms with Crippen LogP contribution in [0.15, 0.2) is 42.5 Å². The van der Waals surface area contributed by atoms with E-state index < -0.39 is 11.7 Å². The molecule has 0 aromatic heterocycles. The second-order valence-corrected chi connectivity index (χ2v) is 6.80. The van der Waals surface area contributed by atoms with Gasteiger partial charge in [-0.05, 0) is 42.7 Å². The molecule has 1 saturated heterocycles. The summed E-state index contributed by atoms with van der Waals surface area (Å²) in [6.45, 7) is 0.812. The topological polar surface area (TPSA) is 66.6 Å². The van der Waals surface area contributed by atoms with Gasteiger partial charge in [0, 0.05) is 30.9 Å². The van der Waals surface area contributed by atoms with E-state index in [9.17, 15) is 14.0 Å². The summed E-state index contributed by atoms with van der Waals surface area (Å²) < 4.78 is 14.0. The van der Waals surface area contributed by atoms with E-state index in [1.54, 1.807) is 23.1 Å². The Labute approximate surface area is 151 Å². The molecule has 2 heterocycles. The number of hydrogen-bond donors (Lipinski definition) is 1. The first-order valence-corrected chi connectivity index (χ1v) is 8.80. The lowest BCUT2D eigenvalue weighted by atomic mass is 9.97. The molecule has 0 radical (unpaired) electrons. The van der Waals surface area contributed by atoms with E-state index in [2.05, 4.69) is 0 Å². The lowest BCUT2D eigenvalue weighted by molar-refractivity contribution is -0.124. The minimum Gasteiger partial charge on any atom is -0.398 e. The van der Waals surface area contributed by atoms with Gasteiger partial charge in [-0.2, -0.15) is 0 Å². The maximum atomic E-state index is 14.0. The molecule has 2 aromatic rings. The molecule has 0 spiro atoms. The Hall–Kier alpha value is -2.89. The maximum Gasteiger partial charge on any atom is 0.232 e. The van der Waals surface area contributed by atoms with Crippen molar-refractivity contribution in [1.82, 2.24) is 0 Å². The summed E-state index contributed by atoms with van der Waals surface area (Å²) in [5.74, 6) is -1.25. The van der Waals surface area contributed by atoms with Gasteiger partial charge >= 0.3 is 0 Å². The Morgan fingerprint density at radius 3 is 2.69 bits per heavy atom. The monoisotopic (exact) mass is 353 g/mol. The first-order chi connectivity index (χ1) is 12.6. The molecule has 1 unspecified atom stereocenters. The number of nitrogens with zero attached hydrogens (tertiary/aromatic N) is 2. The molecule has 0 bridgehead atoms. The molecule has 6 heteroatoms. The van der Waals surface area contributed by atoms with Crippen LogP contribution in [0.3, 0.4) is 0 Å². The Kier molecular flexibility index (Phi) is 4.11. The number of hydrogen-bond acceptors (Lipinski definition) is 3. The quantitative estimate of drug-likeness (QED) is 0.844. The minimum atomic E-state index is -0.477. The van der Waals surface area contributed by atoms with E-state index >= 15 is 0 Å². The maximum absolute atomic E-state index is 14.0. The Morgan fingerprint density at radius 2 is 1.88 bits per heavy atom. The average Bonchev–Trinajstić information content (AvgIpc) is 3.03. The number of halogens is 1. The van der Waals surface area contributed by atoms with Crippen LogP contribution in [0.25, 0.3) is 0 Å². The van der Waals surface area contributed by atoms with Gasteiger partial charge in [-0.15, -0.1) is 0 Å². The zero-order valence-electron chi connectivity index (χ0n) is 14.3. The fourth-order valence-corrected chi connectivity index (χ4v) is 3.88. The van der Waals surface area contributed by atoms with Crippen LogP contribution in [-0.2, 0) is 16.0 Å². The van der Waals surface area contributed by atoms with Gasteiger partial charge in [0.1, 0.15) is 5.82 Å². The summed E-state index contributed by atoms with van der Waals surface area (Å²) >= 11 is 0. The van der Waals surface area contributed by atoms with Crippen molar-refractivity contribution >= 4 is 28.9 Å². The molecule has 4 rings (SSSR count). The van der Waals surface area contributed by atoms with Gasteiger partial charge in [-0.1, -0.05) is 18.2 Å². The zero-order chi connectivity index (χ0) is 18.3. The molecule has 0 saturated carbocycles. The molecule has 2 aromatic carbocycles. The Balaban J connectivity index is 1.59. The molecular weight excluding hydrogens is 333 g/mol. The van der Waals surface area contributed by atoms with Crippen LogP contribution >= 0.6 is 0 Å². The van der Waals surface area contributed by atoms with Gasteiger partial charge in [0.2, 0.25) is 11.8 Å². The van der Waals surface area contributed by atoms with Gasteiger partial charge in [-0.25, -0.2) is 4.39 Å². The van der Waals surface area contributed by atoms with Crippen LogP contribution in [0.4, 0.5) is 21.5 Å². The summed E-state index contributed by atoms with van der Waals surface area (Å²) in [6.07, 6.45) is 1.78. The van der Waals surface area contributed by atoms with E-state index in [0.29, 0.717) is 12.2 Å². The van der Waals surface area contributed by atoms with Crippen molar-refractivity contribution in [3.8, 4) is 0 Å². The number of carbonyl (C=O) groups is 2. The number of nitrogens with two attached hydrogens (primary N) is 1. The highest BCUT2D eigenvalue weighted by molar-refractivity contribution is 6.05. The van der Waals surface area contributed by atoms with Crippen LogP contribution in [0, 0.1) is 11.7 Å². The highest BCUT2D eigenvalue weighted by Crippen LogP contribution is 2.34. The van der Waals surface area contributed by atoms with Gasteiger partial charge in [0.05, 0.1) is 11.6 Å². The van der Waals surface area contributed by atoms with Crippen molar-refractivity contribution in [2.45, 2.75) is 19.3 Å². The molecule has 2 amide bonds. The second kappa shape index (κ2) is 6.44. The second-order valence-electron chi connectivity index (χ2n) is 6.80. The first-order valence-electron chi connectivity index (χ1n) is 8.80. The molecule has 26 heavy (non-hydrogen) atoms. The van der Waals surface area contributed by atoms with Gasteiger partial charge in [0.15, 0.2) is 0 Å². The number of para-hydroxylation sites is 1. The van der Waals surface area contributed by atoms with Crippen molar-refractivity contribution in [2.75, 3.05) is 28.6 Å². The summed E-state index contributed by atoms with van der Waals surface area (Å²) in [7, 11) is 0. The van der Waals surface area contributed by atoms with Crippen LogP contribution in [0.2, 0.25) is 0 Å². The lowest BCUT2D eigenvalue weighted by Crippen LogP contribution is -2.40. The van der Waals surface area contributed by atoms with Crippen LogP contribution < -0.4 is 15.5 Å². The standard InChI is InChI=1S/C20H20FN3O2/c21-15-6-1-2-8-18(15)24-12-13(11-19(24)25)20(26)23-10-4-5-14-16(22)7-3-9-17(14)23/h1-3,6-9,13H,4-5,10-12,22H2. The number of benzene rings is 2. The number of fused-ring (bicyclic) bond motifs is 1. The fourth-order valence-electron chi connectivity index (χ4n) is 3.88. The van der Waals surface area contributed by atoms with Crippen molar-refractivity contribution in [2.24, 2.45) is 5.92 Å². The predicted octanol–water partition coefficient (Wildman–Crippen LogP) is 2.74. The smallest absolute Gasteiger partial charge is 0.232 e. The number of carbonyl (C=O) groups excluding carboxylic acids is 2. The predicted molar refractivity (Wildman–Crippen MR) is 98.4 cm³/mol. The number of nitrogen functional groups attached to an aromatic ring is 1. The van der Waals surface area contributed by atoms with E-state index in [0.717, 1.165) is 24.1 Å². The fraction of sp³-hybridized carbons (Fsp3) is 0.300. The third kappa shape index (κ3) is 2.71. The third-order valence-corrected chi connectivity index (χ3v) is 5.17. The SMILES string of the molecule is Nc1cccc2c1CCCN2C(=O)C1CC(=O)N(c2ccccc2F)C1. The number of rotatable bonds is 2. The van der Waals surface area contributed by atoms with E-state index in [4.69, 9.17) is 5.73 Å². The minimum absolute atomic E-state index is 0.0938. The first kappa shape index (κ1) is 16.6. The van der Waals surface area contributed by atoms with Crippen molar-refractivity contribution in [1.29, 1.82) is 0 Å². The molecular formula is C20H20FN3O2. The molecule has 134 valence electrons. The summed E-state index contributed by atoms with van der Waals surface area (Å²) in [5.41, 5.74) is 8.79. The van der Waals surface area contributed by atoms with E-state index in [1.807, 2.05) is 18.2 Å². The van der Waals surface area contributed by atoms with Crippen LogP contribution in [-0.4, -0.2) is 24.9 Å². The molecule has 2 aliphatic heterocycles. The van der Waals surface area contributed by atoms with Crippen LogP contribution in [0.5, 0.6) is 0 Å². The van der Waals surface area contributed by atoms with Crippen molar-refractivity contribution in [3.63, 3.8) is 0 Å². The Morgan fingerprint density at radius 1 is 1.12 bits per heavy atom. The van der Waals surface area contributed by atoms with Gasteiger partial charge in [0.25, 0.3) is 0 Å². The third-order valence-electron chi connectivity index (χ3n) is 5.17. The molecule has 2 aliphatic rings. The largest absolute Gasteiger partial charge is 0.398 e. The average molecular weight is 353 g/mol. The summed E-state index contributed by atoms with van der Waals surface area (Å²) in [4.78, 5) is 28.6.